The SMILES string of the molecule is Cc1c2c(oc(=O)c1Br)NN(Cc1cccc(Cl)c1)C2C. The highest BCUT2D eigenvalue weighted by molar-refractivity contribution is 9.10. The molecular weight excluding hydrogens is 356 g/mol. The van der Waals surface area contributed by atoms with E-state index in [0.29, 0.717) is 21.9 Å². The van der Waals surface area contributed by atoms with Crippen LogP contribution >= 0.6 is 27.5 Å². The molecule has 2 aromatic rings. The van der Waals surface area contributed by atoms with Crippen LogP contribution in [0.25, 0.3) is 0 Å². The molecule has 6 heteroatoms. The minimum atomic E-state index is -0.365. The third kappa shape index (κ3) is 2.61. The second-order valence-corrected chi connectivity index (χ2v) is 6.35. The molecule has 4 nitrogen and oxygen atoms in total. The van der Waals surface area contributed by atoms with E-state index in [1.54, 1.807) is 0 Å². The van der Waals surface area contributed by atoms with Crippen molar-refractivity contribution in [1.29, 1.82) is 0 Å². The van der Waals surface area contributed by atoms with Crippen LogP contribution in [0.2, 0.25) is 5.02 Å². The Morgan fingerprint density at radius 3 is 2.95 bits per heavy atom. The topological polar surface area (TPSA) is 45.5 Å². The monoisotopic (exact) mass is 368 g/mol. The Bertz CT molecular complexity index is 760. The summed E-state index contributed by atoms with van der Waals surface area (Å²) in [6, 6.07) is 7.81. The fraction of sp³-hybridized carbons (Fsp3) is 0.267. The second-order valence-electron chi connectivity index (χ2n) is 5.12. The third-order valence-corrected chi connectivity index (χ3v) is 4.88. The molecule has 0 amide bonds. The zero-order valence-corrected chi connectivity index (χ0v) is 14.0. The van der Waals surface area contributed by atoms with Gasteiger partial charge in [-0.05, 0) is 53.0 Å². The number of nitrogens with zero attached hydrogens (tertiary/aromatic N) is 1. The smallest absolute Gasteiger partial charge is 0.352 e. The molecule has 1 aliphatic heterocycles. The fourth-order valence-corrected chi connectivity index (χ4v) is 3.12. The Kier molecular flexibility index (Phi) is 3.82. The molecule has 110 valence electrons. The number of rotatable bonds is 2. The number of halogens is 2. The predicted molar refractivity (Wildman–Crippen MR) is 86.4 cm³/mol. The molecule has 1 atom stereocenters. The molecule has 0 saturated carbocycles. The largest absolute Gasteiger partial charge is 0.404 e. The van der Waals surface area contributed by atoms with E-state index in [4.69, 9.17) is 16.0 Å². The maximum absolute atomic E-state index is 11.7. The Hall–Kier alpha value is -1.30. The van der Waals surface area contributed by atoms with Crippen LogP contribution in [0.1, 0.15) is 29.7 Å². The highest BCUT2D eigenvalue weighted by Crippen LogP contribution is 2.38. The molecule has 3 rings (SSSR count). The molecule has 21 heavy (non-hydrogen) atoms. The number of fused-ring (bicyclic) bond motifs is 1. The summed E-state index contributed by atoms with van der Waals surface area (Å²) in [7, 11) is 0. The van der Waals surface area contributed by atoms with Crippen molar-refractivity contribution >= 4 is 33.4 Å². The fourth-order valence-electron chi connectivity index (χ4n) is 2.61. The first-order valence-electron chi connectivity index (χ1n) is 6.58. The Morgan fingerprint density at radius 2 is 2.24 bits per heavy atom. The van der Waals surface area contributed by atoms with Crippen molar-refractivity contribution in [2.45, 2.75) is 26.4 Å². The van der Waals surface area contributed by atoms with Gasteiger partial charge in [0.25, 0.3) is 0 Å². The van der Waals surface area contributed by atoms with E-state index in [9.17, 15) is 4.79 Å². The average Bonchev–Trinajstić information content (AvgIpc) is 2.73. The molecule has 2 heterocycles. The zero-order valence-electron chi connectivity index (χ0n) is 11.6. The maximum Gasteiger partial charge on any atom is 0.352 e. The first-order valence-corrected chi connectivity index (χ1v) is 7.75. The van der Waals surface area contributed by atoms with Crippen LogP contribution in [0.15, 0.2) is 37.9 Å². The van der Waals surface area contributed by atoms with Crippen LogP contribution in [0, 0.1) is 6.92 Å². The highest BCUT2D eigenvalue weighted by Gasteiger charge is 2.32. The molecule has 1 aromatic heterocycles. The Labute approximate surface area is 135 Å². The Balaban J connectivity index is 1.92. The summed E-state index contributed by atoms with van der Waals surface area (Å²) >= 11 is 9.30. The number of benzene rings is 1. The van der Waals surface area contributed by atoms with Gasteiger partial charge in [-0.3, -0.25) is 5.43 Å². The van der Waals surface area contributed by atoms with E-state index in [1.165, 1.54) is 0 Å². The van der Waals surface area contributed by atoms with E-state index in [-0.39, 0.29) is 11.7 Å². The molecule has 1 unspecified atom stereocenters. The van der Waals surface area contributed by atoms with Gasteiger partial charge in [0.05, 0.1) is 6.04 Å². The second kappa shape index (κ2) is 5.48. The van der Waals surface area contributed by atoms with E-state index in [2.05, 4.69) is 28.3 Å². The van der Waals surface area contributed by atoms with Gasteiger partial charge in [0.2, 0.25) is 5.88 Å². The number of anilines is 1. The third-order valence-electron chi connectivity index (χ3n) is 3.72. The van der Waals surface area contributed by atoms with Gasteiger partial charge in [0.15, 0.2) is 0 Å². The first-order chi connectivity index (χ1) is 9.97. The van der Waals surface area contributed by atoms with Crippen LogP contribution in [0.5, 0.6) is 0 Å². The van der Waals surface area contributed by atoms with Crippen LogP contribution in [-0.2, 0) is 6.54 Å². The van der Waals surface area contributed by atoms with Crippen molar-refractivity contribution in [3.63, 3.8) is 0 Å². The number of hydrogen-bond acceptors (Lipinski definition) is 4. The molecule has 0 bridgehead atoms. The summed E-state index contributed by atoms with van der Waals surface area (Å²) in [6.07, 6.45) is 0. The lowest BCUT2D eigenvalue weighted by Gasteiger charge is -2.21. The molecule has 1 aliphatic rings. The van der Waals surface area contributed by atoms with Crippen molar-refractivity contribution in [3.8, 4) is 0 Å². The van der Waals surface area contributed by atoms with Gasteiger partial charge in [0, 0.05) is 17.1 Å². The van der Waals surface area contributed by atoms with Crippen LogP contribution in [0.3, 0.4) is 0 Å². The lowest BCUT2D eigenvalue weighted by molar-refractivity contribution is 0.267. The first kappa shape index (κ1) is 14.6. The standard InChI is InChI=1S/C15H14BrClN2O2/c1-8-12-9(2)19(7-10-4-3-5-11(17)6-10)18-14(12)21-15(20)13(8)16/h3-6,9,18H,7H2,1-2H3. The van der Waals surface area contributed by atoms with Crippen molar-refractivity contribution in [2.24, 2.45) is 0 Å². The average molecular weight is 370 g/mol. The minimum absolute atomic E-state index is 0.0969. The van der Waals surface area contributed by atoms with Gasteiger partial charge in [-0.25, -0.2) is 9.80 Å². The summed E-state index contributed by atoms with van der Waals surface area (Å²) in [6.45, 7) is 4.65. The number of nitrogens with one attached hydrogen (secondary N) is 1. The zero-order chi connectivity index (χ0) is 15.1. The lowest BCUT2D eigenvalue weighted by atomic mass is 10.1. The van der Waals surface area contributed by atoms with Crippen LogP contribution in [0.4, 0.5) is 5.88 Å². The van der Waals surface area contributed by atoms with Gasteiger partial charge in [-0.2, -0.15) is 0 Å². The van der Waals surface area contributed by atoms with Crippen molar-refractivity contribution < 1.29 is 4.42 Å². The summed E-state index contributed by atoms with van der Waals surface area (Å²) in [5, 5.41) is 2.74. The van der Waals surface area contributed by atoms with Gasteiger partial charge in [-0.1, -0.05) is 23.7 Å². The normalized spacial score (nSPS) is 17.6. The molecule has 0 saturated heterocycles. The lowest BCUT2D eigenvalue weighted by Crippen LogP contribution is -2.26. The molecule has 0 fully saturated rings. The molecule has 1 N–H and O–H groups in total. The maximum atomic E-state index is 11.7. The van der Waals surface area contributed by atoms with E-state index in [0.717, 1.165) is 16.7 Å². The molecule has 0 aliphatic carbocycles. The molecular formula is C15H14BrClN2O2. The van der Waals surface area contributed by atoms with Gasteiger partial charge < -0.3 is 4.42 Å². The quantitative estimate of drug-likeness (QED) is 0.859. The van der Waals surface area contributed by atoms with Crippen LogP contribution < -0.4 is 11.1 Å². The van der Waals surface area contributed by atoms with Gasteiger partial charge >= 0.3 is 5.63 Å². The number of hydrazine groups is 1. The van der Waals surface area contributed by atoms with E-state index >= 15 is 0 Å². The van der Waals surface area contributed by atoms with Crippen molar-refractivity contribution in [2.75, 3.05) is 5.43 Å². The van der Waals surface area contributed by atoms with Crippen LogP contribution in [-0.4, -0.2) is 5.01 Å². The summed E-state index contributed by atoms with van der Waals surface area (Å²) < 4.78 is 5.80. The predicted octanol–water partition coefficient (Wildman–Crippen LogP) is 4.27. The number of hydrogen-bond donors (Lipinski definition) is 1. The summed E-state index contributed by atoms with van der Waals surface area (Å²) in [5.74, 6) is 0.523. The Morgan fingerprint density at radius 1 is 1.48 bits per heavy atom. The van der Waals surface area contributed by atoms with Gasteiger partial charge in [-0.15, -0.1) is 0 Å². The summed E-state index contributed by atoms with van der Waals surface area (Å²) in [4.78, 5) is 11.7. The minimum Gasteiger partial charge on any atom is -0.404 e. The van der Waals surface area contributed by atoms with E-state index < -0.39 is 0 Å². The summed E-state index contributed by atoms with van der Waals surface area (Å²) in [5.41, 5.74) is 5.81. The van der Waals surface area contributed by atoms with Gasteiger partial charge in [0.1, 0.15) is 4.47 Å². The highest BCUT2D eigenvalue weighted by atomic mass is 79.9. The molecule has 0 spiro atoms. The molecule has 1 aromatic carbocycles. The van der Waals surface area contributed by atoms with E-state index in [1.807, 2.05) is 36.2 Å². The molecule has 0 radical (unpaired) electrons. The van der Waals surface area contributed by atoms with Crippen molar-refractivity contribution in [1.82, 2.24) is 5.01 Å². The van der Waals surface area contributed by atoms with Crippen molar-refractivity contribution in [3.05, 3.63) is 60.9 Å².